The number of carbonyl (C=O) groups excluding carboxylic acids is 2. The van der Waals surface area contributed by atoms with Gasteiger partial charge in [0.2, 0.25) is 0 Å². The zero-order chi connectivity index (χ0) is 20.6. The van der Waals surface area contributed by atoms with E-state index < -0.39 is 0 Å². The minimum absolute atomic E-state index is 0.141. The molecule has 2 aromatic carbocycles. The van der Waals surface area contributed by atoms with Gasteiger partial charge in [0.05, 0.1) is 23.4 Å². The average Bonchev–Trinajstić information content (AvgIpc) is 3.17. The number of hydrogen-bond donors (Lipinski definition) is 1. The second-order valence-electron chi connectivity index (χ2n) is 6.37. The second-order valence-corrected chi connectivity index (χ2v) is 7.43. The van der Waals surface area contributed by atoms with Crippen molar-refractivity contribution < 1.29 is 19.1 Å². The van der Waals surface area contributed by atoms with Gasteiger partial charge in [-0.3, -0.25) is 4.79 Å². The molecule has 0 saturated heterocycles. The highest BCUT2D eigenvalue weighted by atomic mass is 32.1. The molecule has 0 spiro atoms. The van der Waals surface area contributed by atoms with Crippen LogP contribution in [0.3, 0.4) is 0 Å². The van der Waals surface area contributed by atoms with E-state index in [1.165, 1.54) is 7.11 Å². The van der Waals surface area contributed by atoms with E-state index in [-0.39, 0.29) is 11.9 Å². The Morgan fingerprint density at radius 1 is 1.03 bits per heavy atom. The zero-order valence-electron chi connectivity index (χ0n) is 16.3. The lowest BCUT2D eigenvalue weighted by atomic mass is 10.1. The molecule has 0 bridgehead atoms. The molecule has 150 valence electrons. The van der Waals surface area contributed by atoms with E-state index in [9.17, 15) is 9.59 Å². The van der Waals surface area contributed by atoms with E-state index in [2.05, 4.69) is 15.0 Å². The van der Waals surface area contributed by atoms with Gasteiger partial charge >= 0.3 is 5.97 Å². The first kappa shape index (κ1) is 20.5. The molecule has 0 aliphatic heterocycles. The molecular weight excluding hydrogens is 388 g/mol. The van der Waals surface area contributed by atoms with Gasteiger partial charge in [0.15, 0.2) is 0 Å². The molecule has 0 unspecified atom stereocenters. The lowest BCUT2D eigenvalue weighted by Crippen LogP contribution is -2.25. The monoisotopic (exact) mass is 410 g/mol. The normalized spacial score (nSPS) is 10.4. The summed E-state index contributed by atoms with van der Waals surface area (Å²) in [5.41, 5.74) is 3.00. The predicted octanol–water partition coefficient (Wildman–Crippen LogP) is 3.79. The molecule has 1 aromatic heterocycles. The van der Waals surface area contributed by atoms with Gasteiger partial charge in [-0.05, 0) is 55.3 Å². The number of nitrogens with zero attached hydrogens (tertiary/aromatic N) is 1. The number of rotatable bonds is 8. The maximum absolute atomic E-state index is 12.3. The molecule has 3 rings (SSSR count). The summed E-state index contributed by atoms with van der Waals surface area (Å²) < 4.78 is 10.4. The molecule has 6 nitrogen and oxygen atoms in total. The first-order valence-electron chi connectivity index (χ1n) is 9.14. The summed E-state index contributed by atoms with van der Waals surface area (Å²) in [6, 6.07) is 14.2. The van der Waals surface area contributed by atoms with E-state index in [0.29, 0.717) is 36.4 Å². The Labute approximate surface area is 173 Å². The maximum atomic E-state index is 12.3. The molecule has 1 amide bonds. The molecule has 0 fully saturated rings. The number of esters is 1. The predicted molar refractivity (Wildman–Crippen MR) is 111 cm³/mol. The van der Waals surface area contributed by atoms with Crippen LogP contribution in [0.15, 0.2) is 53.9 Å². The number of carbonyl (C=O) groups is 2. The van der Waals surface area contributed by atoms with Crippen molar-refractivity contribution in [3.63, 3.8) is 0 Å². The highest BCUT2D eigenvalue weighted by molar-refractivity contribution is 7.09. The van der Waals surface area contributed by atoms with E-state index in [1.54, 1.807) is 47.7 Å². The maximum Gasteiger partial charge on any atom is 0.337 e. The van der Waals surface area contributed by atoms with Crippen LogP contribution in [-0.4, -0.2) is 30.5 Å². The Bertz CT molecular complexity index is 965. The summed E-state index contributed by atoms with van der Waals surface area (Å²) >= 11 is 1.59. The molecule has 0 radical (unpaired) electrons. The molecule has 0 aliphatic rings. The summed E-state index contributed by atoms with van der Waals surface area (Å²) in [5.74, 6) is 0.190. The third kappa shape index (κ3) is 5.89. The number of amides is 1. The molecule has 7 heteroatoms. The highest BCUT2D eigenvalue weighted by Gasteiger charge is 2.07. The van der Waals surface area contributed by atoms with Gasteiger partial charge in [-0.25, -0.2) is 9.78 Å². The third-order valence-corrected chi connectivity index (χ3v) is 5.07. The highest BCUT2D eigenvalue weighted by Crippen LogP contribution is 2.15. The van der Waals surface area contributed by atoms with Gasteiger partial charge in [-0.2, -0.15) is 0 Å². The van der Waals surface area contributed by atoms with Crippen molar-refractivity contribution in [3.8, 4) is 5.75 Å². The van der Waals surface area contributed by atoms with Gasteiger partial charge < -0.3 is 14.8 Å². The lowest BCUT2D eigenvalue weighted by Gasteiger charge is -2.08. The van der Waals surface area contributed by atoms with Crippen LogP contribution >= 0.6 is 11.3 Å². The second kappa shape index (κ2) is 9.84. The fourth-order valence-electron chi connectivity index (χ4n) is 2.68. The van der Waals surface area contributed by atoms with Crippen molar-refractivity contribution in [3.05, 3.63) is 81.3 Å². The molecule has 29 heavy (non-hydrogen) atoms. The first-order chi connectivity index (χ1) is 14.0. The van der Waals surface area contributed by atoms with E-state index in [0.717, 1.165) is 16.3 Å². The zero-order valence-corrected chi connectivity index (χ0v) is 17.1. The van der Waals surface area contributed by atoms with Crippen LogP contribution in [0.1, 0.15) is 37.0 Å². The van der Waals surface area contributed by atoms with E-state index in [1.807, 2.05) is 24.4 Å². The summed E-state index contributed by atoms with van der Waals surface area (Å²) in [4.78, 5) is 28.1. The first-order valence-corrected chi connectivity index (χ1v) is 10.0. The Morgan fingerprint density at radius 3 is 2.34 bits per heavy atom. The fraction of sp³-hybridized carbons (Fsp3) is 0.227. The van der Waals surface area contributed by atoms with Crippen LogP contribution in [0.5, 0.6) is 5.75 Å². The van der Waals surface area contributed by atoms with Gasteiger partial charge in [-0.1, -0.05) is 12.1 Å². The van der Waals surface area contributed by atoms with Crippen molar-refractivity contribution in [2.75, 3.05) is 13.7 Å². The Balaban J connectivity index is 1.45. The number of hydrogen-bond acceptors (Lipinski definition) is 6. The van der Waals surface area contributed by atoms with E-state index in [4.69, 9.17) is 4.74 Å². The molecule has 0 atom stereocenters. The van der Waals surface area contributed by atoms with Crippen LogP contribution < -0.4 is 10.1 Å². The SMILES string of the molecule is COC(=O)c1ccc(CCNC(=O)c2ccc(OCc3csc(C)n3)cc2)cc1. The number of thiazole rings is 1. The quantitative estimate of drug-likeness (QED) is 0.572. The lowest BCUT2D eigenvalue weighted by molar-refractivity contribution is 0.0600. The van der Waals surface area contributed by atoms with Crippen molar-refractivity contribution >= 4 is 23.2 Å². The van der Waals surface area contributed by atoms with Gasteiger partial charge in [0.25, 0.3) is 5.91 Å². The van der Waals surface area contributed by atoms with E-state index >= 15 is 0 Å². The topological polar surface area (TPSA) is 77.5 Å². The van der Waals surface area contributed by atoms with Gasteiger partial charge in [0.1, 0.15) is 12.4 Å². The Kier molecular flexibility index (Phi) is 6.97. The molecule has 0 aliphatic carbocycles. The largest absolute Gasteiger partial charge is 0.487 e. The third-order valence-electron chi connectivity index (χ3n) is 4.24. The molecule has 1 N–H and O–H groups in total. The van der Waals surface area contributed by atoms with Crippen molar-refractivity contribution in [1.29, 1.82) is 0 Å². The number of nitrogens with one attached hydrogen (secondary N) is 1. The fourth-order valence-corrected chi connectivity index (χ4v) is 3.28. The number of benzene rings is 2. The van der Waals surface area contributed by atoms with Crippen LogP contribution in [0.4, 0.5) is 0 Å². The smallest absolute Gasteiger partial charge is 0.337 e. The minimum atomic E-state index is -0.362. The summed E-state index contributed by atoms with van der Waals surface area (Å²) in [6.07, 6.45) is 0.668. The minimum Gasteiger partial charge on any atom is -0.487 e. The summed E-state index contributed by atoms with van der Waals surface area (Å²) in [6.45, 7) is 2.86. The van der Waals surface area contributed by atoms with Crippen LogP contribution in [0, 0.1) is 6.92 Å². The van der Waals surface area contributed by atoms with Gasteiger partial charge in [-0.15, -0.1) is 11.3 Å². The molecule has 1 heterocycles. The van der Waals surface area contributed by atoms with Crippen LogP contribution in [0.25, 0.3) is 0 Å². The molecule has 0 saturated carbocycles. The standard InChI is InChI=1S/C22H22N2O4S/c1-15-24-19(14-29-15)13-28-20-9-7-17(8-10-20)21(25)23-12-11-16-3-5-18(6-4-16)22(26)27-2/h3-10,14H,11-13H2,1-2H3,(H,23,25). The Morgan fingerprint density at radius 2 is 1.72 bits per heavy atom. The number of methoxy groups -OCH3 is 1. The molecular formula is C22H22N2O4S. The Hall–Kier alpha value is -3.19. The van der Waals surface area contributed by atoms with Crippen LogP contribution in [-0.2, 0) is 17.8 Å². The average molecular weight is 410 g/mol. The number of aryl methyl sites for hydroxylation is 1. The van der Waals surface area contributed by atoms with Crippen molar-refractivity contribution in [1.82, 2.24) is 10.3 Å². The summed E-state index contributed by atoms with van der Waals surface area (Å²) in [7, 11) is 1.35. The molecule has 3 aromatic rings. The van der Waals surface area contributed by atoms with Crippen LogP contribution in [0.2, 0.25) is 0 Å². The number of aromatic nitrogens is 1. The number of ether oxygens (including phenoxy) is 2. The summed E-state index contributed by atoms with van der Waals surface area (Å²) in [5, 5.41) is 5.88. The van der Waals surface area contributed by atoms with Crippen molar-refractivity contribution in [2.24, 2.45) is 0 Å². The van der Waals surface area contributed by atoms with Gasteiger partial charge in [0, 0.05) is 17.5 Å². The van der Waals surface area contributed by atoms with Crippen molar-refractivity contribution in [2.45, 2.75) is 20.0 Å².